The first-order chi connectivity index (χ1) is 7.56. The summed E-state index contributed by atoms with van der Waals surface area (Å²) in [5.74, 6) is -0.612. The van der Waals surface area contributed by atoms with E-state index in [2.05, 4.69) is 10.5 Å². The number of carbonyl (C=O) groups excluding carboxylic acids is 1. The molecule has 94 valence electrons. The largest absolute Gasteiger partial charge is 0.409 e. The molecule has 0 bridgehead atoms. The van der Waals surface area contributed by atoms with Crippen LogP contribution >= 0.6 is 0 Å². The van der Waals surface area contributed by atoms with Crippen molar-refractivity contribution in [3.8, 4) is 0 Å². The fourth-order valence-corrected chi connectivity index (χ4v) is 1.34. The number of hydrogen-bond donors (Lipinski definition) is 3. The van der Waals surface area contributed by atoms with E-state index in [1.54, 1.807) is 14.0 Å². The van der Waals surface area contributed by atoms with Crippen LogP contribution in [0.15, 0.2) is 5.16 Å². The summed E-state index contributed by atoms with van der Waals surface area (Å²) in [6, 6.07) is 0. The van der Waals surface area contributed by atoms with Gasteiger partial charge in [0, 0.05) is 13.7 Å². The standard InChI is InChI=1S/C10H21N3O3/c1-4-8(9(11)13-15)10(14)12-5-7(2)6-16-3/h7-8,15H,4-6H2,1-3H3,(H2,11,13)(H,12,14). The lowest BCUT2D eigenvalue weighted by Crippen LogP contribution is -2.40. The molecule has 2 atom stereocenters. The second kappa shape index (κ2) is 7.92. The molecule has 0 saturated carbocycles. The molecule has 0 aromatic carbocycles. The van der Waals surface area contributed by atoms with Crippen molar-refractivity contribution in [2.45, 2.75) is 20.3 Å². The average molecular weight is 231 g/mol. The quantitative estimate of drug-likeness (QED) is 0.251. The molecule has 0 spiro atoms. The number of hydrogen-bond acceptors (Lipinski definition) is 4. The predicted molar refractivity (Wildman–Crippen MR) is 61.2 cm³/mol. The van der Waals surface area contributed by atoms with Crippen LogP contribution in [-0.2, 0) is 9.53 Å². The normalized spacial score (nSPS) is 15.6. The van der Waals surface area contributed by atoms with Gasteiger partial charge in [0.2, 0.25) is 5.91 Å². The van der Waals surface area contributed by atoms with Crippen molar-refractivity contribution in [3.05, 3.63) is 0 Å². The Hall–Kier alpha value is -1.30. The van der Waals surface area contributed by atoms with E-state index in [-0.39, 0.29) is 17.7 Å². The van der Waals surface area contributed by atoms with Crippen LogP contribution < -0.4 is 11.1 Å². The average Bonchev–Trinajstić information content (AvgIpc) is 2.27. The highest BCUT2D eigenvalue weighted by Gasteiger charge is 2.21. The zero-order valence-corrected chi connectivity index (χ0v) is 10.1. The first-order valence-corrected chi connectivity index (χ1v) is 5.30. The van der Waals surface area contributed by atoms with Crippen LogP contribution in [0.5, 0.6) is 0 Å². The van der Waals surface area contributed by atoms with Crippen molar-refractivity contribution in [2.24, 2.45) is 22.7 Å². The minimum atomic E-state index is -0.570. The maximum Gasteiger partial charge on any atom is 0.230 e. The SMILES string of the molecule is CCC(C(=O)NCC(C)COC)C(N)=NO. The highest BCUT2D eigenvalue weighted by atomic mass is 16.5. The lowest BCUT2D eigenvalue weighted by atomic mass is 10.0. The molecule has 6 heteroatoms. The van der Waals surface area contributed by atoms with Gasteiger partial charge < -0.3 is 21.0 Å². The Labute approximate surface area is 95.8 Å². The smallest absolute Gasteiger partial charge is 0.230 e. The minimum Gasteiger partial charge on any atom is -0.409 e. The van der Waals surface area contributed by atoms with Gasteiger partial charge in [-0.2, -0.15) is 0 Å². The van der Waals surface area contributed by atoms with Crippen molar-refractivity contribution in [1.29, 1.82) is 0 Å². The zero-order valence-electron chi connectivity index (χ0n) is 10.1. The summed E-state index contributed by atoms with van der Waals surface area (Å²) < 4.78 is 4.95. The van der Waals surface area contributed by atoms with Gasteiger partial charge in [-0.15, -0.1) is 0 Å². The van der Waals surface area contributed by atoms with Gasteiger partial charge in [0.1, 0.15) is 0 Å². The molecule has 16 heavy (non-hydrogen) atoms. The van der Waals surface area contributed by atoms with Gasteiger partial charge in [0.15, 0.2) is 5.84 Å². The fraction of sp³-hybridized carbons (Fsp3) is 0.800. The van der Waals surface area contributed by atoms with Gasteiger partial charge in [-0.3, -0.25) is 4.79 Å². The first-order valence-electron chi connectivity index (χ1n) is 5.30. The van der Waals surface area contributed by atoms with E-state index in [0.717, 1.165) is 0 Å². The minimum absolute atomic E-state index is 0.0561. The fourth-order valence-electron chi connectivity index (χ4n) is 1.34. The van der Waals surface area contributed by atoms with Gasteiger partial charge in [-0.1, -0.05) is 19.0 Å². The summed E-state index contributed by atoms with van der Waals surface area (Å²) >= 11 is 0. The van der Waals surface area contributed by atoms with Crippen molar-refractivity contribution >= 4 is 11.7 Å². The summed E-state index contributed by atoms with van der Waals surface area (Å²) in [4.78, 5) is 11.7. The molecule has 0 aliphatic rings. The maximum atomic E-state index is 11.7. The summed E-state index contributed by atoms with van der Waals surface area (Å²) in [5, 5.41) is 14.1. The highest BCUT2D eigenvalue weighted by Crippen LogP contribution is 2.03. The third kappa shape index (κ3) is 4.97. The summed E-state index contributed by atoms with van der Waals surface area (Å²) in [5.41, 5.74) is 5.41. The molecule has 0 aromatic heterocycles. The maximum absolute atomic E-state index is 11.7. The van der Waals surface area contributed by atoms with E-state index in [9.17, 15) is 4.79 Å². The van der Waals surface area contributed by atoms with Gasteiger partial charge in [0.05, 0.1) is 12.5 Å². The third-order valence-corrected chi connectivity index (χ3v) is 2.27. The summed E-state index contributed by atoms with van der Waals surface area (Å²) in [6.07, 6.45) is 0.500. The molecular formula is C10H21N3O3. The second-order valence-corrected chi connectivity index (χ2v) is 3.79. The Morgan fingerprint density at radius 1 is 1.62 bits per heavy atom. The number of carbonyl (C=O) groups is 1. The van der Waals surface area contributed by atoms with Crippen molar-refractivity contribution in [2.75, 3.05) is 20.3 Å². The second-order valence-electron chi connectivity index (χ2n) is 3.79. The molecular weight excluding hydrogens is 210 g/mol. The van der Waals surface area contributed by atoms with Crippen molar-refractivity contribution < 1.29 is 14.7 Å². The molecule has 2 unspecified atom stereocenters. The van der Waals surface area contributed by atoms with Gasteiger partial charge in [0.25, 0.3) is 0 Å². The molecule has 0 heterocycles. The number of ether oxygens (including phenoxy) is 1. The van der Waals surface area contributed by atoms with E-state index in [0.29, 0.717) is 19.6 Å². The van der Waals surface area contributed by atoms with E-state index in [1.807, 2.05) is 6.92 Å². The molecule has 0 aliphatic heterocycles. The van der Waals surface area contributed by atoms with Crippen LogP contribution in [0, 0.1) is 11.8 Å². The topological polar surface area (TPSA) is 96.9 Å². The van der Waals surface area contributed by atoms with Crippen LogP contribution in [0.1, 0.15) is 20.3 Å². The molecule has 0 aromatic rings. The number of nitrogens with zero attached hydrogens (tertiary/aromatic N) is 1. The summed E-state index contributed by atoms with van der Waals surface area (Å²) in [7, 11) is 1.61. The number of nitrogens with two attached hydrogens (primary N) is 1. The molecule has 0 rings (SSSR count). The Morgan fingerprint density at radius 3 is 2.69 bits per heavy atom. The molecule has 1 amide bonds. The molecule has 0 saturated heterocycles. The van der Waals surface area contributed by atoms with Crippen LogP contribution in [0.4, 0.5) is 0 Å². The van der Waals surface area contributed by atoms with E-state index in [1.165, 1.54) is 0 Å². The van der Waals surface area contributed by atoms with E-state index in [4.69, 9.17) is 15.7 Å². The Bertz CT molecular complexity index is 243. The van der Waals surface area contributed by atoms with E-state index >= 15 is 0 Å². The lowest BCUT2D eigenvalue weighted by molar-refractivity contribution is -0.123. The predicted octanol–water partition coefficient (Wildman–Crippen LogP) is 0.158. The first kappa shape index (κ1) is 14.7. The third-order valence-electron chi connectivity index (χ3n) is 2.27. The molecule has 0 fully saturated rings. The molecule has 6 nitrogen and oxygen atoms in total. The van der Waals surface area contributed by atoms with Gasteiger partial charge >= 0.3 is 0 Å². The number of amidine groups is 1. The van der Waals surface area contributed by atoms with Crippen molar-refractivity contribution in [1.82, 2.24) is 5.32 Å². The summed E-state index contributed by atoms with van der Waals surface area (Å²) in [6.45, 7) is 4.87. The number of nitrogens with one attached hydrogen (secondary N) is 1. The number of amides is 1. The Kier molecular flexibility index (Phi) is 7.28. The highest BCUT2D eigenvalue weighted by molar-refractivity contribution is 6.01. The molecule has 0 aliphatic carbocycles. The zero-order chi connectivity index (χ0) is 12.6. The van der Waals surface area contributed by atoms with Crippen molar-refractivity contribution in [3.63, 3.8) is 0 Å². The van der Waals surface area contributed by atoms with Crippen LogP contribution in [-0.4, -0.2) is 37.2 Å². The Morgan fingerprint density at radius 2 is 2.25 bits per heavy atom. The Balaban J connectivity index is 4.13. The number of methoxy groups -OCH3 is 1. The number of rotatable bonds is 7. The van der Waals surface area contributed by atoms with Crippen LogP contribution in [0.2, 0.25) is 0 Å². The van der Waals surface area contributed by atoms with Gasteiger partial charge in [-0.25, -0.2) is 0 Å². The molecule has 4 N–H and O–H groups in total. The molecule has 0 radical (unpaired) electrons. The number of oxime groups is 1. The van der Waals surface area contributed by atoms with Crippen LogP contribution in [0.3, 0.4) is 0 Å². The van der Waals surface area contributed by atoms with E-state index < -0.39 is 5.92 Å². The monoisotopic (exact) mass is 231 g/mol. The van der Waals surface area contributed by atoms with Gasteiger partial charge in [-0.05, 0) is 12.3 Å². The van der Waals surface area contributed by atoms with Crippen LogP contribution in [0.25, 0.3) is 0 Å². The lowest BCUT2D eigenvalue weighted by Gasteiger charge is -2.16.